The van der Waals surface area contributed by atoms with Crippen LogP contribution in [0.4, 0.5) is 0 Å². The van der Waals surface area contributed by atoms with Crippen molar-refractivity contribution < 1.29 is 9.53 Å². The topological polar surface area (TPSA) is 59.0 Å². The number of carbonyl (C=O) groups is 1. The van der Waals surface area contributed by atoms with E-state index in [2.05, 4.69) is 10.3 Å². The third-order valence-electron chi connectivity index (χ3n) is 4.12. The van der Waals surface area contributed by atoms with Crippen LogP contribution in [-0.4, -0.2) is 21.6 Å². The molecular weight excluding hydrogens is 358 g/mol. The minimum Gasteiger partial charge on any atom is -0.491 e. The summed E-state index contributed by atoms with van der Waals surface area (Å²) in [7, 11) is 0. The van der Waals surface area contributed by atoms with E-state index in [-0.39, 0.29) is 18.1 Å². The lowest BCUT2D eigenvalue weighted by molar-refractivity contribution is 0.0933. The van der Waals surface area contributed by atoms with Crippen molar-refractivity contribution in [3.8, 4) is 11.4 Å². The molecule has 1 unspecified atom stereocenters. The summed E-state index contributed by atoms with van der Waals surface area (Å²) in [5.74, 6) is 0.622. The number of para-hydroxylation sites is 1. The summed E-state index contributed by atoms with van der Waals surface area (Å²) in [4.78, 5) is 15.8. The first-order valence-electron chi connectivity index (χ1n) is 8.89. The molecule has 0 saturated carbocycles. The van der Waals surface area contributed by atoms with Gasteiger partial charge >= 0.3 is 0 Å². The second-order valence-electron chi connectivity index (χ2n) is 6.58. The minimum absolute atomic E-state index is 0.127. The van der Waals surface area contributed by atoms with Gasteiger partial charge in [-0.05, 0) is 62.8 Å². The highest BCUT2D eigenvalue weighted by atomic mass is 32.1. The standard InChI is InChI=1S/C21H23N3O2S/c1-14(2)26-18-11-9-16(10-12-18)15(3)23-20(25)19-13-22-21(27)24(19)17-7-5-4-6-8-17/h4-15H,1-3H3,(H,22,27)(H,23,25). The Morgan fingerprint density at radius 1 is 1.07 bits per heavy atom. The summed E-state index contributed by atoms with van der Waals surface area (Å²) in [5.41, 5.74) is 2.31. The van der Waals surface area contributed by atoms with Crippen LogP contribution >= 0.6 is 12.2 Å². The average Bonchev–Trinajstić information content (AvgIpc) is 3.04. The van der Waals surface area contributed by atoms with E-state index in [1.807, 2.05) is 75.4 Å². The van der Waals surface area contributed by atoms with Gasteiger partial charge in [0.1, 0.15) is 11.4 Å². The Kier molecular flexibility index (Phi) is 5.76. The summed E-state index contributed by atoms with van der Waals surface area (Å²) in [6.45, 7) is 5.93. The van der Waals surface area contributed by atoms with Crippen LogP contribution in [0.5, 0.6) is 5.75 Å². The quantitative estimate of drug-likeness (QED) is 0.602. The highest BCUT2D eigenvalue weighted by Gasteiger charge is 2.17. The molecular formula is C21H23N3O2S. The van der Waals surface area contributed by atoms with E-state index in [9.17, 15) is 4.79 Å². The van der Waals surface area contributed by atoms with E-state index in [1.54, 1.807) is 10.8 Å². The van der Waals surface area contributed by atoms with Crippen molar-refractivity contribution >= 4 is 18.1 Å². The number of aromatic nitrogens is 2. The van der Waals surface area contributed by atoms with Gasteiger partial charge in [-0.15, -0.1) is 0 Å². The van der Waals surface area contributed by atoms with E-state index in [1.165, 1.54) is 0 Å². The van der Waals surface area contributed by atoms with Gasteiger partial charge in [-0.3, -0.25) is 9.36 Å². The molecule has 0 radical (unpaired) electrons. The van der Waals surface area contributed by atoms with Crippen LogP contribution in [0, 0.1) is 4.77 Å². The number of imidazole rings is 1. The van der Waals surface area contributed by atoms with Crippen LogP contribution in [0.1, 0.15) is 42.9 Å². The lowest BCUT2D eigenvalue weighted by atomic mass is 10.1. The van der Waals surface area contributed by atoms with E-state index in [4.69, 9.17) is 17.0 Å². The maximum atomic E-state index is 12.8. The molecule has 1 heterocycles. The van der Waals surface area contributed by atoms with Crippen molar-refractivity contribution in [1.82, 2.24) is 14.9 Å². The fraction of sp³-hybridized carbons (Fsp3) is 0.238. The number of aromatic amines is 1. The molecule has 0 spiro atoms. The summed E-state index contributed by atoms with van der Waals surface area (Å²) in [6, 6.07) is 17.2. The van der Waals surface area contributed by atoms with Gasteiger partial charge in [0.2, 0.25) is 0 Å². The van der Waals surface area contributed by atoms with E-state index in [0.29, 0.717) is 10.5 Å². The average molecular weight is 382 g/mol. The normalized spacial score (nSPS) is 12.0. The lowest BCUT2D eigenvalue weighted by Crippen LogP contribution is -2.28. The number of benzene rings is 2. The first kappa shape index (κ1) is 18.9. The van der Waals surface area contributed by atoms with Crippen LogP contribution in [-0.2, 0) is 0 Å². The fourth-order valence-electron chi connectivity index (χ4n) is 2.83. The first-order chi connectivity index (χ1) is 13.0. The van der Waals surface area contributed by atoms with Crippen molar-refractivity contribution in [2.24, 2.45) is 0 Å². The number of nitrogens with zero attached hydrogens (tertiary/aromatic N) is 1. The Labute approximate surface area is 164 Å². The molecule has 2 N–H and O–H groups in total. The molecule has 27 heavy (non-hydrogen) atoms. The van der Waals surface area contributed by atoms with Crippen molar-refractivity contribution in [2.75, 3.05) is 0 Å². The second-order valence-corrected chi connectivity index (χ2v) is 6.97. The van der Waals surface area contributed by atoms with Gasteiger partial charge in [0.25, 0.3) is 5.91 Å². The fourth-order valence-corrected chi connectivity index (χ4v) is 3.09. The number of ether oxygens (including phenoxy) is 1. The van der Waals surface area contributed by atoms with Crippen LogP contribution in [0.15, 0.2) is 60.8 Å². The van der Waals surface area contributed by atoms with Gasteiger partial charge in [0.05, 0.1) is 12.1 Å². The summed E-state index contributed by atoms with van der Waals surface area (Å²) in [6.07, 6.45) is 1.76. The lowest BCUT2D eigenvalue weighted by Gasteiger charge is -2.16. The number of rotatable bonds is 6. The van der Waals surface area contributed by atoms with Crippen molar-refractivity contribution in [1.29, 1.82) is 0 Å². The van der Waals surface area contributed by atoms with Gasteiger partial charge in [-0.2, -0.15) is 0 Å². The van der Waals surface area contributed by atoms with Crippen LogP contribution in [0.3, 0.4) is 0 Å². The monoisotopic (exact) mass is 381 g/mol. The zero-order valence-electron chi connectivity index (χ0n) is 15.6. The van der Waals surface area contributed by atoms with Crippen molar-refractivity contribution in [2.45, 2.75) is 32.9 Å². The molecule has 140 valence electrons. The molecule has 5 nitrogen and oxygen atoms in total. The Morgan fingerprint density at radius 2 is 1.74 bits per heavy atom. The van der Waals surface area contributed by atoms with Gasteiger partial charge < -0.3 is 15.0 Å². The number of H-pyrrole nitrogens is 1. The smallest absolute Gasteiger partial charge is 0.270 e. The van der Waals surface area contributed by atoms with E-state index >= 15 is 0 Å². The number of hydrogen-bond donors (Lipinski definition) is 2. The molecule has 1 aromatic heterocycles. The SMILES string of the molecule is CC(C)Oc1ccc(C(C)NC(=O)c2c[nH]c(=S)n2-c2ccccc2)cc1. The predicted molar refractivity (Wildman–Crippen MR) is 109 cm³/mol. The first-order valence-corrected chi connectivity index (χ1v) is 9.30. The summed E-state index contributed by atoms with van der Waals surface area (Å²) in [5, 5.41) is 3.03. The molecule has 0 bridgehead atoms. The number of amides is 1. The molecule has 0 aliphatic carbocycles. The maximum Gasteiger partial charge on any atom is 0.270 e. The molecule has 2 aromatic carbocycles. The number of carbonyl (C=O) groups excluding carboxylic acids is 1. The molecule has 1 atom stereocenters. The molecule has 6 heteroatoms. The van der Waals surface area contributed by atoms with Gasteiger partial charge in [-0.25, -0.2) is 0 Å². The molecule has 0 fully saturated rings. The molecule has 0 saturated heterocycles. The van der Waals surface area contributed by atoms with Crippen LogP contribution in [0.2, 0.25) is 0 Å². The molecule has 3 aromatic rings. The predicted octanol–water partition coefficient (Wildman–Crippen LogP) is 4.81. The van der Waals surface area contributed by atoms with Gasteiger partial charge in [0, 0.05) is 11.9 Å². The van der Waals surface area contributed by atoms with Crippen molar-refractivity contribution in [3.63, 3.8) is 0 Å². The van der Waals surface area contributed by atoms with E-state index in [0.717, 1.165) is 17.0 Å². The highest BCUT2D eigenvalue weighted by molar-refractivity contribution is 7.71. The number of hydrogen-bond acceptors (Lipinski definition) is 3. The Morgan fingerprint density at radius 3 is 2.37 bits per heavy atom. The van der Waals surface area contributed by atoms with Crippen molar-refractivity contribution in [3.05, 3.63) is 76.8 Å². The molecule has 0 aliphatic rings. The third kappa shape index (κ3) is 4.46. The molecule has 0 aliphatic heterocycles. The third-order valence-corrected chi connectivity index (χ3v) is 4.42. The molecule has 3 rings (SSSR count). The second kappa shape index (κ2) is 8.22. The minimum atomic E-state index is -0.193. The van der Waals surface area contributed by atoms with E-state index < -0.39 is 0 Å². The van der Waals surface area contributed by atoms with Gasteiger partial charge in [0.15, 0.2) is 4.77 Å². The zero-order chi connectivity index (χ0) is 19.4. The maximum absolute atomic E-state index is 12.8. The Hall–Kier alpha value is -2.86. The zero-order valence-corrected chi connectivity index (χ0v) is 16.4. The molecule has 1 amide bonds. The largest absolute Gasteiger partial charge is 0.491 e. The number of nitrogens with one attached hydrogen (secondary N) is 2. The Balaban J connectivity index is 1.77. The summed E-state index contributed by atoms with van der Waals surface area (Å²) >= 11 is 5.34. The Bertz CT molecular complexity index is 959. The summed E-state index contributed by atoms with van der Waals surface area (Å²) < 4.78 is 7.87. The van der Waals surface area contributed by atoms with Crippen LogP contribution in [0.25, 0.3) is 5.69 Å². The highest BCUT2D eigenvalue weighted by Crippen LogP contribution is 2.20. The van der Waals surface area contributed by atoms with Crippen LogP contribution < -0.4 is 10.1 Å². The van der Waals surface area contributed by atoms with Gasteiger partial charge in [-0.1, -0.05) is 30.3 Å².